The molecule has 0 aliphatic carbocycles. The van der Waals surface area contributed by atoms with E-state index in [0.29, 0.717) is 0 Å². The van der Waals surface area contributed by atoms with Crippen LogP contribution < -0.4 is 16.6 Å². The first-order chi connectivity index (χ1) is 4.83. The average molecular weight is 157 g/mol. The van der Waals surface area contributed by atoms with Gasteiger partial charge < -0.3 is 5.32 Å². The Kier molecular flexibility index (Phi) is 2.24. The van der Waals surface area contributed by atoms with Crippen LogP contribution in [0.4, 0.5) is 10.5 Å². The molecule has 2 amide bonds. The second-order valence-electron chi connectivity index (χ2n) is 1.61. The Labute approximate surface area is 62.0 Å². The zero-order valence-corrected chi connectivity index (χ0v) is 5.94. The third-order valence-electron chi connectivity index (χ3n) is 0.910. The predicted octanol–water partition coefficient (Wildman–Crippen LogP) is 0.743. The van der Waals surface area contributed by atoms with E-state index in [9.17, 15) is 4.79 Å². The highest BCUT2D eigenvalue weighted by molar-refractivity contribution is 7.08. The van der Waals surface area contributed by atoms with Crippen LogP contribution in [-0.2, 0) is 0 Å². The molecule has 0 radical (unpaired) electrons. The van der Waals surface area contributed by atoms with Gasteiger partial charge in [-0.25, -0.2) is 10.6 Å². The minimum Gasteiger partial charge on any atom is -0.306 e. The molecule has 10 heavy (non-hydrogen) atoms. The van der Waals surface area contributed by atoms with E-state index in [1.165, 1.54) is 11.3 Å². The highest BCUT2D eigenvalue weighted by atomic mass is 32.1. The van der Waals surface area contributed by atoms with Crippen molar-refractivity contribution >= 4 is 23.1 Å². The predicted molar refractivity (Wildman–Crippen MR) is 40.7 cm³/mol. The molecule has 0 fully saturated rings. The van der Waals surface area contributed by atoms with Crippen LogP contribution in [0.25, 0.3) is 0 Å². The summed E-state index contributed by atoms with van der Waals surface area (Å²) < 4.78 is 0. The molecule has 1 rings (SSSR count). The Hall–Kier alpha value is -1.07. The lowest BCUT2D eigenvalue weighted by Crippen LogP contribution is -2.34. The van der Waals surface area contributed by atoms with E-state index < -0.39 is 6.03 Å². The average Bonchev–Trinajstić information content (AvgIpc) is 2.40. The number of anilines is 1. The Morgan fingerprint density at radius 1 is 1.70 bits per heavy atom. The number of rotatable bonds is 1. The molecule has 1 aromatic rings. The fourth-order valence-corrected chi connectivity index (χ4v) is 1.09. The van der Waals surface area contributed by atoms with Crippen LogP contribution in [0.2, 0.25) is 0 Å². The monoisotopic (exact) mass is 157 g/mol. The summed E-state index contributed by atoms with van der Waals surface area (Å²) in [6, 6.07) is 1.39. The highest BCUT2D eigenvalue weighted by Gasteiger charge is 1.96. The van der Waals surface area contributed by atoms with Gasteiger partial charge in [-0.05, 0) is 11.4 Å². The summed E-state index contributed by atoms with van der Waals surface area (Å²) in [7, 11) is 0. The fraction of sp³-hybridized carbons (Fsp3) is 0. The summed E-state index contributed by atoms with van der Waals surface area (Å²) in [6.07, 6.45) is 0. The van der Waals surface area contributed by atoms with Crippen LogP contribution in [0.5, 0.6) is 0 Å². The van der Waals surface area contributed by atoms with E-state index in [1.807, 2.05) is 16.2 Å². The zero-order valence-electron chi connectivity index (χ0n) is 5.13. The van der Waals surface area contributed by atoms with E-state index in [4.69, 9.17) is 5.84 Å². The van der Waals surface area contributed by atoms with Gasteiger partial charge in [0.2, 0.25) is 0 Å². The SMILES string of the molecule is NNC(=O)Nc1ccsc1. The number of nitrogens with one attached hydrogen (secondary N) is 2. The summed E-state index contributed by atoms with van der Waals surface area (Å²) in [6.45, 7) is 0. The number of thiophene rings is 1. The summed E-state index contributed by atoms with van der Waals surface area (Å²) >= 11 is 1.51. The second-order valence-corrected chi connectivity index (χ2v) is 2.39. The van der Waals surface area contributed by atoms with Crippen molar-refractivity contribution in [2.75, 3.05) is 5.32 Å². The lowest BCUT2D eigenvalue weighted by molar-refractivity contribution is 0.252. The van der Waals surface area contributed by atoms with Crippen molar-refractivity contribution in [3.8, 4) is 0 Å². The Morgan fingerprint density at radius 2 is 2.50 bits per heavy atom. The van der Waals surface area contributed by atoms with E-state index in [2.05, 4.69) is 5.32 Å². The molecular weight excluding hydrogens is 150 g/mol. The number of amides is 2. The summed E-state index contributed by atoms with van der Waals surface area (Å²) in [4.78, 5) is 10.5. The Balaban J connectivity index is 2.48. The maximum absolute atomic E-state index is 10.5. The maximum atomic E-state index is 10.5. The molecule has 0 saturated heterocycles. The van der Waals surface area contributed by atoms with Crippen molar-refractivity contribution in [2.45, 2.75) is 0 Å². The van der Waals surface area contributed by atoms with Gasteiger partial charge in [-0.2, -0.15) is 11.3 Å². The molecule has 0 saturated carbocycles. The Bertz CT molecular complexity index is 209. The van der Waals surface area contributed by atoms with Crippen molar-refractivity contribution in [3.05, 3.63) is 16.8 Å². The van der Waals surface area contributed by atoms with Crippen LogP contribution in [0.15, 0.2) is 16.8 Å². The third kappa shape index (κ3) is 1.71. The molecule has 0 aromatic carbocycles. The van der Waals surface area contributed by atoms with Gasteiger partial charge in [0, 0.05) is 5.38 Å². The standard InChI is InChI=1S/C5H7N3OS/c6-8-5(9)7-4-1-2-10-3-4/h1-3H,6H2,(H2,7,8,9). The van der Waals surface area contributed by atoms with Crippen molar-refractivity contribution in [1.29, 1.82) is 0 Å². The van der Waals surface area contributed by atoms with Gasteiger partial charge in [-0.1, -0.05) is 0 Å². The minimum atomic E-state index is -0.404. The minimum absolute atomic E-state index is 0.404. The molecule has 1 aromatic heterocycles. The number of hydrogen-bond donors (Lipinski definition) is 3. The summed E-state index contributed by atoms with van der Waals surface area (Å²) in [5.74, 6) is 4.83. The number of nitrogens with two attached hydrogens (primary N) is 1. The molecule has 4 nitrogen and oxygen atoms in total. The normalized spacial score (nSPS) is 8.90. The molecule has 4 N–H and O–H groups in total. The van der Waals surface area contributed by atoms with Gasteiger partial charge in [0.05, 0.1) is 5.69 Å². The maximum Gasteiger partial charge on any atom is 0.333 e. The van der Waals surface area contributed by atoms with Gasteiger partial charge in [0.1, 0.15) is 0 Å². The van der Waals surface area contributed by atoms with Crippen molar-refractivity contribution in [3.63, 3.8) is 0 Å². The van der Waals surface area contributed by atoms with Crippen LogP contribution >= 0.6 is 11.3 Å². The lowest BCUT2D eigenvalue weighted by atomic mass is 10.5. The lowest BCUT2D eigenvalue weighted by Gasteiger charge is -1.98. The fourth-order valence-electron chi connectivity index (χ4n) is 0.503. The zero-order chi connectivity index (χ0) is 7.40. The molecule has 0 unspecified atom stereocenters. The molecule has 54 valence electrons. The molecule has 5 heteroatoms. The molecule has 0 atom stereocenters. The Morgan fingerprint density at radius 3 is 3.00 bits per heavy atom. The first-order valence-corrected chi connectivity index (χ1v) is 3.57. The van der Waals surface area contributed by atoms with E-state index in [0.717, 1.165) is 5.69 Å². The van der Waals surface area contributed by atoms with Crippen molar-refractivity contribution < 1.29 is 4.79 Å². The number of urea groups is 1. The quantitative estimate of drug-likeness (QED) is 0.320. The first-order valence-electron chi connectivity index (χ1n) is 2.62. The molecule has 0 aliphatic heterocycles. The van der Waals surface area contributed by atoms with Crippen LogP contribution in [0.3, 0.4) is 0 Å². The molecule has 0 aliphatic rings. The third-order valence-corrected chi connectivity index (χ3v) is 1.59. The summed E-state index contributed by atoms with van der Waals surface area (Å²) in [5.41, 5.74) is 2.72. The molecular formula is C5H7N3OS. The van der Waals surface area contributed by atoms with Crippen molar-refractivity contribution in [1.82, 2.24) is 5.43 Å². The smallest absolute Gasteiger partial charge is 0.306 e. The molecule has 0 bridgehead atoms. The van der Waals surface area contributed by atoms with E-state index in [-0.39, 0.29) is 0 Å². The van der Waals surface area contributed by atoms with Crippen LogP contribution in [-0.4, -0.2) is 6.03 Å². The van der Waals surface area contributed by atoms with Crippen LogP contribution in [0, 0.1) is 0 Å². The summed E-state index contributed by atoms with van der Waals surface area (Å²) in [5, 5.41) is 6.19. The number of carbonyl (C=O) groups is 1. The molecule has 0 spiro atoms. The van der Waals surface area contributed by atoms with Gasteiger partial charge in [0.15, 0.2) is 0 Å². The highest BCUT2D eigenvalue weighted by Crippen LogP contribution is 2.10. The topological polar surface area (TPSA) is 67.1 Å². The number of carbonyl (C=O) groups excluding carboxylic acids is 1. The van der Waals surface area contributed by atoms with Crippen molar-refractivity contribution in [2.24, 2.45) is 5.84 Å². The number of hydrogen-bond acceptors (Lipinski definition) is 3. The largest absolute Gasteiger partial charge is 0.333 e. The number of hydrazine groups is 1. The van der Waals surface area contributed by atoms with Gasteiger partial charge in [-0.15, -0.1) is 0 Å². The first kappa shape index (κ1) is 7.04. The molecule has 1 heterocycles. The van der Waals surface area contributed by atoms with Gasteiger partial charge in [0.25, 0.3) is 0 Å². The second kappa shape index (κ2) is 3.19. The van der Waals surface area contributed by atoms with E-state index >= 15 is 0 Å². The van der Waals surface area contributed by atoms with E-state index in [1.54, 1.807) is 6.07 Å². The van der Waals surface area contributed by atoms with Gasteiger partial charge in [-0.3, -0.25) is 5.43 Å². The van der Waals surface area contributed by atoms with Gasteiger partial charge >= 0.3 is 6.03 Å². The van der Waals surface area contributed by atoms with Crippen LogP contribution in [0.1, 0.15) is 0 Å².